The fourth-order valence-electron chi connectivity index (χ4n) is 3.41. The number of pyridine rings is 1. The minimum atomic E-state index is -3.59. The number of hydrogen-bond donors (Lipinski definition) is 0. The lowest BCUT2D eigenvalue weighted by Gasteiger charge is -2.31. The van der Waals surface area contributed by atoms with Crippen LogP contribution in [0.2, 0.25) is 0 Å². The Morgan fingerprint density at radius 3 is 2.66 bits per heavy atom. The molecule has 0 N–H and O–H groups in total. The van der Waals surface area contributed by atoms with E-state index in [0.29, 0.717) is 68.7 Å². The minimum absolute atomic E-state index is 0.217. The number of sulfonamides is 1. The zero-order valence-corrected chi connectivity index (χ0v) is 16.6. The SMILES string of the molecule is N#Cc1ccnc(OCC2CCN(S(=O)(=O)c3ccc4c(c3)OCCO4)CC2)c1. The van der Waals surface area contributed by atoms with Crippen LogP contribution in [-0.2, 0) is 10.0 Å². The normalized spacial score (nSPS) is 17.5. The topological polar surface area (TPSA) is 102 Å². The van der Waals surface area contributed by atoms with E-state index in [-0.39, 0.29) is 10.8 Å². The molecular weight excluding hydrogens is 394 g/mol. The summed E-state index contributed by atoms with van der Waals surface area (Å²) in [7, 11) is -3.59. The Labute approximate surface area is 169 Å². The van der Waals surface area contributed by atoms with Gasteiger partial charge in [0.25, 0.3) is 0 Å². The van der Waals surface area contributed by atoms with E-state index in [1.54, 1.807) is 24.3 Å². The quantitative estimate of drug-likeness (QED) is 0.738. The average molecular weight is 415 g/mol. The molecular formula is C20H21N3O5S. The predicted octanol–water partition coefficient (Wildman–Crippen LogP) is 2.20. The maximum Gasteiger partial charge on any atom is 0.243 e. The summed E-state index contributed by atoms with van der Waals surface area (Å²) in [5.41, 5.74) is 0.496. The third-order valence-corrected chi connectivity index (χ3v) is 6.95. The van der Waals surface area contributed by atoms with Crippen LogP contribution in [0.25, 0.3) is 0 Å². The summed E-state index contributed by atoms with van der Waals surface area (Å²) in [5.74, 6) is 1.68. The van der Waals surface area contributed by atoms with Gasteiger partial charge in [-0.1, -0.05) is 0 Å². The highest BCUT2D eigenvalue weighted by molar-refractivity contribution is 7.89. The van der Waals surface area contributed by atoms with Gasteiger partial charge in [0.1, 0.15) is 13.2 Å². The van der Waals surface area contributed by atoms with Gasteiger partial charge in [-0.2, -0.15) is 9.57 Å². The Morgan fingerprint density at radius 2 is 1.90 bits per heavy atom. The standard InChI is InChI=1S/C20H21N3O5S/c21-13-16-3-6-22-20(11-16)28-14-15-4-7-23(8-5-15)29(24,25)17-1-2-18-19(12-17)27-10-9-26-18/h1-3,6,11-12,15H,4-5,7-10,14H2. The summed E-state index contributed by atoms with van der Waals surface area (Å²) >= 11 is 0. The Balaban J connectivity index is 1.35. The van der Waals surface area contributed by atoms with Crippen LogP contribution in [0.1, 0.15) is 18.4 Å². The second-order valence-electron chi connectivity index (χ2n) is 6.96. The minimum Gasteiger partial charge on any atom is -0.486 e. The van der Waals surface area contributed by atoms with E-state index in [1.807, 2.05) is 0 Å². The van der Waals surface area contributed by atoms with Gasteiger partial charge in [-0.05, 0) is 37.0 Å². The molecule has 29 heavy (non-hydrogen) atoms. The van der Waals surface area contributed by atoms with Crippen LogP contribution >= 0.6 is 0 Å². The molecule has 0 unspecified atom stereocenters. The molecule has 0 aliphatic carbocycles. The van der Waals surface area contributed by atoms with Crippen LogP contribution in [0, 0.1) is 17.2 Å². The maximum atomic E-state index is 13.0. The number of nitrogens with zero attached hydrogens (tertiary/aromatic N) is 3. The van der Waals surface area contributed by atoms with Crippen LogP contribution in [0.5, 0.6) is 17.4 Å². The Kier molecular flexibility index (Phi) is 5.56. The molecule has 2 aliphatic heterocycles. The maximum absolute atomic E-state index is 13.0. The first-order valence-corrected chi connectivity index (χ1v) is 10.9. The molecule has 4 rings (SSSR count). The first-order valence-electron chi connectivity index (χ1n) is 9.45. The predicted molar refractivity (Wildman–Crippen MR) is 103 cm³/mol. The van der Waals surface area contributed by atoms with E-state index >= 15 is 0 Å². The molecule has 1 fully saturated rings. The van der Waals surface area contributed by atoms with Gasteiger partial charge in [0, 0.05) is 31.4 Å². The van der Waals surface area contributed by atoms with Crippen molar-refractivity contribution in [3.8, 4) is 23.4 Å². The van der Waals surface area contributed by atoms with Gasteiger partial charge in [0.05, 0.1) is 23.1 Å². The highest BCUT2D eigenvalue weighted by Crippen LogP contribution is 2.34. The van der Waals surface area contributed by atoms with Crippen molar-refractivity contribution in [2.45, 2.75) is 17.7 Å². The smallest absolute Gasteiger partial charge is 0.243 e. The van der Waals surface area contributed by atoms with E-state index < -0.39 is 10.0 Å². The molecule has 2 aliphatic rings. The van der Waals surface area contributed by atoms with Gasteiger partial charge in [0.2, 0.25) is 15.9 Å². The van der Waals surface area contributed by atoms with E-state index in [1.165, 1.54) is 16.6 Å². The largest absolute Gasteiger partial charge is 0.486 e. The van der Waals surface area contributed by atoms with Gasteiger partial charge in [0.15, 0.2) is 11.5 Å². The molecule has 3 heterocycles. The molecule has 152 valence electrons. The third kappa shape index (κ3) is 4.28. The van der Waals surface area contributed by atoms with Crippen molar-refractivity contribution in [2.24, 2.45) is 5.92 Å². The molecule has 0 bridgehead atoms. The average Bonchev–Trinajstić information content (AvgIpc) is 2.77. The molecule has 0 saturated carbocycles. The number of rotatable bonds is 5. The fraction of sp³-hybridized carbons (Fsp3) is 0.400. The number of nitriles is 1. The summed E-state index contributed by atoms with van der Waals surface area (Å²) in [5, 5.41) is 8.93. The lowest BCUT2D eigenvalue weighted by molar-refractivity contribution is 0.170. The monoisotopic (exact) mass is 415 g/mol. The summed E-state index contributed by atoms with van der Waals surface area (Å²) in [6.45, 7) is 2.17. The van der Waals surface area contributed by atoms with Gasteiger partial charge < -0.3 is 14.2 Å². The number of benzene rings is 1. The molecule has 1 saturated heterocycles. The Morgan fingerprint density at radius 1 is 1.14 bits per heavy atom. The van der Waals surface area contributed by atoms with Crippen LogP contribution in [0.4, 0.5) is 0 Å². The zero-order valence-electron chi connectivity index (χ0n) is 15.8. The lowest BCUT2D eigenvalue weighted by Crippen LogP contribution is -2.39. The van der Waals surface area contributed by atoms with Crippen molar-refractivity contribution in [3.63, 3.8) is 0 Å². The molecule has 9 heteroatoms. The van der Waals surface area contributed by atoms with Crippen molar-refractivity contribution in [1.82, 2.24) is 9.29 Å². The molecule has 8 nitrogen and oxygen atoms in total. The molecule has 1 aromatic heterocycles. The number of ether oxygens (including phenoxy) is 3. The van der Waals surface area contributed by atoms with Gasteiger partial charge >= 0.3 is 0 Å². The van der Waals surface area contributed by atoms with Crippen LogP contribution < -0.4 is 14.2 Å². The first-order chi connectivity index (χ1) is 14.1. The van der Waals surface area contributed by atoms with E-state index in [9.17, 15) is 8.42 Å². The fourth-order valence-corrected chi connectivity index (χ4v) is 4.90. The molecule has 2 aromatic rings. The first kappa shape index (κ1) is 19.5. The van der Waals surface area contributed by atoms with Gasteiger partial charge in [-0.25, -0.2) is 13.4 Å². The van der Waals surface area contributed by atoms with Crippen molar-refractivity contribution in [1.29, 1.82) is 5.26 Å². The molecule has 1 aromatic carbocycles. The van der Waals surface area contributed by atoms with Crippen LogP contribution in [0.3, 0.4) is 0 Å². The summed E-state index contributed by atoms with van der Waals surface area (Å²) in [6, 6.07) is 10.0. The number of hydrogen-bond acceptors (Lipinski definition) is 7. The van der Waals surface area contributed by atoms with Crippen molar-refractivity contribution < 1.29 is 22.6 Å². The summed E-state index contributed by atoms with van der Waals surface area (Å²) < 4.78 is 44.1. The Bertz CT molecular complexity index is 1030. The van der Waals surface area contributed by atoms with E-state index in [2.05, 4.69) is 11.1 Å². The lowest BCUT2D eigenvalue weighted by atomic mass is 9.99. The third-order valence-electron chi connectivity index (χ3n) is 5.06. The van der Waals surface area contributed by atoms with Crippen molar-refractivity contribution in [3.05, 3.63) is 42.1 Å². The number of fused-ring (bicyclic) bond motifs is 1. The summed E-state index contributed by atoms with van der Waals surface area (Å²) in [4.78, 5) is 4.32. The van der Waals surface area contributed by atoms with Crippen LogP contribution in [0.15, 0.2) is 41.4 Å². The molecule has 0 spiro atoms. The number of piperidine rings is 1. The highest BCUT2D eigenvalue weighted by atomic mass is 32.2. The van der Waals surface area contributed by atoms with E-state index in [0.717, 1.165) is 0 Å². The molecule has 0 atom stereocenters. The second kappa shape index (κ2) is 8.27. The highest BCUT2D eigenvalue weighted by Gasteiger charge is 2.30. The molecule has 0 amide bonds. The summed E-state index contributed by atoms with van der Waals surface area (Å²) in [6.07, 6.45) is 2.93. The van der Waals surface area contributed by atoms with Gasteiger partial charge in [-0.3, -0.25) is 0 Å². The molecule has 0 radical (unpaired) electrons. The van der Waals surface area contributed by atoms with Crippen molar-refractivity contribution in [2.75, 3.05) is 32.9 Å². The zero-order chi connectivity index (χ0) is 20.3. The van der Waals surface area contributed by atoms with Gasteiger partial charge in [-0.15, -0.1) is 0 Å². The van der Waals surface area contributed by atoms with Crippen molar-refractivity contribution >= 4 is 10.0 Å². The second-order valence-corrected chi connectivity index (χ2v) is 8.90. The number of aromatic nitrogens is 1. The Hall–Kier alpha value is -2.83. The van der Waals surface area contributed by atoms with Crippen LogP contribution in [-0.4, -0.2) is 50.6 Å². The van der Waals surface area contributed by atoms with E-state index in [4.69, 9.17) is 19.5 Å².